The van der Waals surface area contributed by atoms with Crippen LogP contribution in [0, 0.1) is 11.3 Å². The molecule has 0 amide bonds. The van der Waals surface area contributed by atoms with Crippen molar-refractivity contribution in [2.24, 2.45) is 11.3 Å². The molecule has 0 radical (unpaired) electrons. The highest BCUT2D eigenvalue weighted by atomic mass is 16.1. The summed E-state index contributed by atoms with van der Waals surface area (Å²) in [5.41, 5.74) is 2.15. The maximum absolute atomic E-state index is 13.8. The van der Waals surface area contributed by atoms with Crippen LogP contribution in [0.1, 0.15) is 47.2 Å². The molecule has 1 fully saturated rings. The fourth-order valence-electron chi connectivity index (χ4n) is 5.13. The molecule has 0 unspecified atom stereocenters. The molecule has 2 heteroatoms. The standard InChI is InChI=1S/C28H26O2/c1-19-24(21-13-7-4-8-14-21)25(22-15-9-5-10-16-22)28(3,27(19)30)20(2)26(29)23-17-11-6-12-18-23/h4-19,24-25H,2H2,1,3H3/t19-,24+,25+,28-/m0/s1. The number of carbonyl (C=O) groups excluding carboxylic acids is 2. The number of carbonyl (C=O) groups is 2. The van der Waals surface area contributed by atoms with E-state index in [-0.39, 0.29) is 29.3 Å². The fraction of sp³-hybridized carbons (Fsp3) is 0.214. The molecule has 0 N–H and O–H groups in total. The van der Waals surface area contributed by atoms with E-state index in [0.717, 1.165) is 11.1 Å². The van der Waals surface area contributed by atoms with Gasteiger partial charge in [0.2, 0.25) is 0 Å². The molecule has 4 atom stereocenters. The van der Waals surface area contributed by atoms with Gasteiger partial charge in [-0.1, -0.05) is 104 Å². The molecule has 1 aliphatic rings. The van der Waals surface area contributed by atoms with E-state index in [1.165, 1.54) is 0 Å². The second kappa shape index (κ2) is 7.87. The van der Waals surface area contributed by atoms with Gasteiger partial charge in [-0.25, -0.2) is 0 Å². The highest BCUT2D eigenvalue weighted by Gasteiger charge is 2.58. The van der Waals surface area contributed by atoms with Crippen LogP contribution < -0.4 is 0 Å². The maximum Gasteiger partial charge on any atom is 0.189 e. The summed E-state index contributed by atoms with van der Waals surface area (Å²) in [5, 5.41) is 0. The van der Waals surface area contributed by atoms with E-state index in [1.54, 1.807) is 12.1 Å². The highest BCUT2D eigenvalue weighted by molar-refractivity contribution is 6.14. The zero-order valence-electron chi connectivity index (χ0n) is 17.4. The van der Waals surface area contributed by atoms with Crippen molar-refractivity contribution in [3.63, 3.8) is 0 Å². The number of benzene rings is 3. The van der Waals surface area contributed by atoms with Gasteiger partial charge in [0.1, 0.15) is 5.78 Å². The van der Waals surface area contributed by atoms with Crippen molar-refractivity contribution in [3.05, 3.63) is 120 Å². The van der Waals surface area contributed by atoms with Crippen molar-refractivity contribution in [2.45, 2.75) is 25.7 Å². The first-order valence-electron chi connectivity index (χ1n) is 10.4. The van der Waals surface area contributed by atoms with Gasteiger partial charge in [0, 0.05) is 28.9 Å². The van der Waals surface area contributed by atoms with E-state index in [2.05, 4.69) is 30.8 Å². The van der Waals surface area contributed by atoms with Crippen LogP contribution in [0.3, 0.4) is 0 Å². The van der Waals surface area contributed by atoms with Crippen molar-refractivity contribution < 1.29 is 9.59 Å². The Morgan fingerprint density at radius 1 is 0.800 bits per heavy atom. The topological polar surface area (TPSA) is 34.1 Å². The zero-order valence-corrected chi connectivity index (χ0v) is 17.4. The molecule has 3 aromatic carbocycles. The number of Topliss-reactive ketones (excluding diaryl/α,β-unsaturated/α-hetero) is 2. The quantitative estimate of drug-likeness (QED) is 0.380. The van der Waals surface area contributed by atoms with Crippen LogP contribution in [0.5, 0.6) is 0 Å². The van der Waals surface area contributed by atoms with Gasteiger partial charge in [-0.2, -0.15) is 0 Å². The number of ketones is 2. The van der Waals surface area contributed by atoms with E-state index >= 15 is 0 Å². The predicted octanol–water partition coefficient (Wildman–Crippen LogP) is 6.22. The van der Waals surface area contributed by atoms with Gasteiger partial charge in [0.05, 0.1) is 5.41 Å². The van der Waals surface area contributed by atoms with E-state index < -0.39 is 5.41 Å². The molecule has 0 aliphatic heterocycles. The van der Waals surface area contributed by atoms with Gasteiger partial charge in [-0.15, -0.1) is 0 Å². The lowest BCUT2D eigenvalue weighted by atomic mass is 9.66. The third-order valence-corrected chi connectivity index (χ3v) is 6.73. The molecule has 3 aromatic rings. The molecular weight excluding hydrogens is 368 g/mol. The van der Waals surface area contributed by atoms with Crippen LogP contribution in [-0.2, 0) is 4.79 Å². The minimum absolute atomic E-state index is 0.0218. The summed E-state index contributed by atoms with van der Waals surface area (Å²) < 4.78 is 0. The van der Waals surface area contributed by atoms with Crippen molar-refractivity contribution in [2.75, 3.05) is 0 Å². The summed E-state index contributed by atoms with van der Waals surface area (Å²) >= 11 is 0. The van der Waals surface area contributed by atoms with Gasteiger partial charge in [0.25, 0.3) is 0 Å². The maximum atomic E-state index is 13.8. The zero-order chi connectivity index (χ0) is 21.3. The first kappa shape index (κ1) is 20.0. The third kappa shape index (κ3) is 3.13. The molecular formula is C28H26O2. The lowest BCUT2D eigenvalue weighted by Crippen LogP contribution is -2.34. The molecule has 2 nitrogen and oxygen atoms in total. The molecule has 0 spiro atoms. The Morgan fingerprint density at radius 2 is 1.27 bits per heavy atom. The average molecular weight is 395 g/mol. The fourth-order valence-corrected chi connectivity index (χ4v) is 5.13. The summed E-state index contributed by atoms with van der Waals surface area (Å²) in [7, 11) is 0. The highest BCUT2D eigenvalue weighted by Crippen LogP contribution is 2.60. The molecule has 0 saturated heterocycles. The average Bonchev–Trinajstić information content (AvgIpc) is 3.01. The molecule has 4 rings (SSSR count). The number of allylic oxidation sites excluding steroid dienone is 1. The Balaban J connectivity index is 1.87. The minimum Gasteiger partial charge on any atom is -0.298 e. The minimum atomic E-state index is -0.978. The van der Waals surface area contributed by atoms with Crippen LogP contribution in [0.4, 0.5) is 0 Å². The number of rotatable bonds is 5. The Kier molecular flexibility index (Phi) is 5.26. The van der Waals surface area contributed by atoms with Gasteiger partial charge >= 0.3 is 0 Å². The summed E-state index contributed by atoms with van der Waals surface area (Å²) in [6, 6.07) is 29.4. The van der Waals surface area contributed by atoms with E-state index in [0.29, 0.717) is 11.1 Å². The van der Waals surface area contributed by atoms with Gasteiger partial charge in [0.15, 0.2) is 5.78 Å². The van der Waals surface area contributed by atoms with Crippen molar-refractivity contribution in [1.82, 2.24) is 0 Å². The Hall–Kier alpha value is -3.26. The Labute approximate surface area is 178 Å². The van der Waals surface area contributed by atoms with Crippen LogP contribution in [0.25, 0.3) is 0 Å². The molecule has 30 heavy (non-hydrogen) atoms. The van der Waals surface area contributed by atoms with E-state index in [1.807, 2.05) is 68.4 Å². The summed E-state index contributed by atoms with van der Waals surface area (Å²) in [5.74, 6) is -0.481. The lowest BCUT2D eigenvalue weighted by Gasteiger charge is -2.34. The smallest absolute Gasteiger partial charge is 0.189 e. The van der Waals surface area contributed by atoms with Gasteiger partial charge < -0.3 is 0 Å². The second-order valence-electron chi connectivity index (χ2n) is 8.35. The number of hydrogen-bond donors (Lipinski definition) is 0. The molecule has 1 saturated carbocycles. The molecule has 0 heterocycles. The third-order valence-electron chi connectivity index (χ3n) is 6.73. The second-order valence-corrected chi connectivity index (χ2v) is 8.35. The molecule has 150 valence electrons. The van der Waals surface area contributed by atoms with Gasteiger partial charge in [-0.3, -0.25) is 9.59 Å². The van der Waals surface area contributed by atoms with E-state index in [9.17, 15) is 9.59 Å². The molecule has 1 aliphatic carbocycles. The lowest BCUT2D eigenvalue weighted by molar-refractivity contribution is -0.126. The monoisotopic (exact) mass is 394 g/mol. The van der Waals surface area contributed by atoms with Crippen LogP contribution in [0.2, 0.25) is 0 Å². The Bertz CT molecular complexity index is 1070. The predicted molar refractivity (Wildman–Crippen MR) is 121 cm³/mol. The Morgan fingerprint density at radius 3 is 1.80 bits per heavy atom. The van der Waals surface area contributed by atoms with Crippen molar-refractivity contribution in [1.29, 1.82) is 0 Å². The van der Waals surface area contributed by atoms with Crippen LogP contribution >= 0.6 is 0 Å². The van der Waals surface area contributed by atoms with Crippen LogP contribution in [0.15, 0.2) is 103 Å². The van der Waals surface area contributed by atoms with E-state index in [4.69, 9.17) is 0 Å². The number of hydrogen-bond acceptors (Lipinski definition) is 2. The first-order valence-corrected chi connectivity index (χ1v) is 10.4. The molecule has 0 aromatic heterocycles. The van der Waals surface area contributed by atoms with Crippen molar-refractivity contribution >= 4 is 11.6 Å². The van der Waals surface area contributed by atoms with Gasteiger partial charge in [-0.05, 0) is 18.1 Å². The largest absolute Gasteiger partial charge is 0.298 e. The van der Waals surface area contributed by atoms with Crippen molar-refractivity contribution in [3.8, 4) is 0 Å². The normalized spacial score (nSPS) is 25.8. The van der Waals surface area contributed by atoms with Crippen LogP contribution in [-0.4, -0.2) is 11.6 Å². The SMILES string of the molecule is C=C(C(=O)c1ccccc1)[C@]1(C)C(=O)[C@@H](C)[C@H](c2ccccc2)[C@H]1c1ccccc1. The summed E-state index contributed by atoms with van der Waals surface area (Å²) in [6.07, 6.45) is 0. The molecule has 0 bridgehead atoms. The first-order chi connectivity index (χ1) is 14.5. The summed E-state index contributed by atoms with van der Waals surface area (Å²) in [4.78, 5) is 27.1. The summed E-state index contributed by atoms with van der Waals surface area (Å²) in [6.45, 7) is 8.10.